The first-order chi connectivity index (χ1) is 15.2. The molecule has 8 heteroatoms. The van der Waals surface area contributed by atoms with E-state index in [9.17, 15) is 4.79 Å². The van der Waals surface area contributed by atoms with E-state index in [0.29, 0.717) is 40.7 Å². The van der Waals surface area contributed by atoms with Crippen molar-refractivity contribution < 1.29 is 9.21 Å². The maximum atomic E-state index is 13.1. The molecule has 2 aromatic heterocycles. The average Bonchev–Trinajstić information content (AvgIpc) is 3.32. The van der Waals surface area contributed by atoms with Crippen LogP contribution in [0.25, 0.3) is 11.0 Å². The van der Waals surface area contributed by atoms with Gasteiger partial charge in [0.05, 0.1) is 22.6 Å². The number of nitrogens with two attached hydrogens (primary N) is 2. The molecule has 0 radical (unpaired) electrons. The summed E-state index contributed by atoms with van der Waals surface area (Å²) in [7, 11) is 0. The van der Waals surface area contributed by atoms with Gasteiger partial charge in [-0.3, -0.25) is 4.79 Å². The SMILES string of the molecule is Cc1ccc2nc(Sc3ccc(C4C5=C(CC(C)(C)CC5=O)N=C(N)/C4=C\N)o3)[nH]c2c1. The number of Topliss-reactive ketones (excluding diaryl/α,β-unsaturated/α-hetero) is 1. The van der Waals surface area contributed by atoms with E-state index >= 15 is 0 Å². The zero-order chi connectivity index (χ0) is 22.6. The van der Waals surface area contributed by atoms with Crippen LogP contribution in [0.5, 0.6) is 0 Å². The Morgan fingerprint density at radius 3 is 2.84 bits per heavy atom. The van der Waals surface area contributed by atoms with Gasteiger partial charge in [-0.05, 0) is 60.4 Å². The van der Waals surface area contributed by atoms with E-state index in [0.717, 1.165) is 21.9 Å². The van der Waals surface area contributed by atoms with E-state index in [1.807, 2.05) is 31.2 Å². The van der Waals surface area contributed by atoms with Crippen molar-refractivity contribution >= 4 is 34.4 Å². The molecule has 1 atom stereocenters. The number of fused-ring (bicyclic) bond motifs is 1. The normalized spacial score (nSPS) is 21.8. The Balaban J connectivity index is 1.50. The van der Waals surface area contributed by atoms with Gasteiger partial charge < -0.3 is 20.9 Å². The molecule has 1 unspecified atom stereocenters. The summed E-state index contributed by atoms with van der Waals surface area (Å²) in [4.78, 5) is 25.6. The summed E-state index contributed by atoms with van der Waals surface area (Å²) in [6.07, 6.45) is 2.57. The lowest BCUT2D eigenvalue weighted by atomic mass is 9.70. The molecule has 7 nitrogen and oxygen atoms in total. The lowest BCUT2D eigenvalue weighted by Gasteiger charge is -2.36. The minimum absolute atomic E-state index is 0.0649. The van der Waals surface area contributed by atoms with E-state index in [4.69, 9.17) is 15.9 Å². The number of aromatic amines is 1. The molecule has 0 fully saturated rings. The van der Waals surface area contributed by atoms with Gasteiger partial charge in [0, 0.05) is 23.8 Å². The number of amidine groups is 1. The molecule has 1 aromatic carbocycles. The zero-order valence-electron chi connectivity index (χ0n) is 18.2. The molecule has 32 heavy (non-hydrogen) atoms. The molecular formula is C24H25N5O2S. The molecule has 0 bridgehead atoms. The number of imidazole rings is 1. The highest BCUT2D eigenvalue weighted by Crippen LogP contribution is 2.47. The number of nitrogens with zero attached hydrogens (tertiary/aromatic N) is 2. The fourth-order valence-corrected chi connectivity index (χ4v) is 5.28. The Labute approximate surface area is 190 Å². The fourth-order valence-electron chi connectivity index (χ4n) is 4.51. The van der Waals surface area contributed by atoms with Crippen LogP contribution in [0.1, 0.15) is 43.9 Å². The largest absolute Gasteiger partial charge is 0.453 e. The van der Waals surface area contributed by atoms with Crippen LogP contribution in [0.15, 0.2) is 73.0 Å². The van der Waals surface area contributed by atoms with Crippen molar-refractivity contribution in [3.05, 3.63) is 64.7 Å². The molecule has 0 amide bonds. The van der Waals surface area contributed by atoms with Gasteiger partial charge in [-0.1, -0.05) is 19.9 Å². The monoisotopic (exact) mass is 447 g/mol. The quantitative estimate of drug-likeness (QED) is 0.541. The molecule has 3 aromatic rings. The molecule has 5 N–H and O–H groups in total. The number of hydrogen-bond acceptors (Lipinski definition) is 7. The van der Waals surface area contributed by atoms with Gasteiger partial charge in [-0.15, -0.1) is 0 Å². The highest BCUT2D eigenvalue weighted by Gasteiger charge is 2.42. The second-order valence-corrected chi connectivity index (χ2v) is 10.2. The third kappa shape index (κ3) is 3.54. The number of benzene rings is 1. The molecule has 0 saturated heterocycles. The van der Waals surface area contributed by atoms with Gasteiger partial charge in [-0.2, -0.15) is 0 Å². The van der Waals surface area contributed by atoms with E-state index in [1.165, 1.54) is 23.5 Å². The zero-order valence-corrected chi connectivity index (χ0v) is 19.0. The van der Waals surface area contributed by atoms with E-state index in [-0.39, 0.29) is 11.2 Å². The number of aromatic nitrogens is 2. The summed E-state index contributed by atoms with van der Waals surface area (Å²) < 4.78 is 6.19. The van der Waals surface area contributed by atoms with Crippen molar-refractivity contribution in [1.29, 1.82) is 0 Å². The van der Waals surface area contributed by atoms with Gasteiger partial charge in [0.25, 0.3) is 0 Å². The first-order valence-corrected chi connectivity index (χ1v) is 11.3. The van der Waals surface area contributed by atoms with Gasteiger partial charge in [0.2, 0.25) is 0 Å². The van der Waals surface area contributed by atoms with Crippen LogP contribution < -0.4 is 11.5 Å². The Morgan fingerprint density at radius 1 is 1.25 bits per heavy atom. The van der Waals surface area contributed by atoms with Crippen LogP contribution in [0.3, 0.4) is 0 Å². The Hall–Kier alpha value is -3.26. The molecule has 2 aliphatic rings. The number of allylic oxidation sites excluding steroid dienone is 2. The number of hydrogen-bond donors (Lipinski definition) is 3. The number of nitrogens with one attached hydrogen (secondary N) is 1. The van der Waals surface area contributed by atoms with Gasteiger partial charge >= 0.3 is 0 Å². The average molecular weight is 448 g/mol. The van der Waals surface area contributed by atoms with Crippen molar-refractivity contribution in [1.82, 2.24) is 9.97 Å². The van der Waals surface area contributed by atoms with Crippen LogP contribution in [0, 0.1) is 12.3 Å². The number of aliphatic imine (C=N–C) groups is 1. The topological polar surface area (TPSA) is 123 Å². The van der Waals surface area contributed by atoms with Crippen molar-refractivity contribution in [2.24, 2.45) is 21.9 Å². The second-order valence-electron chi connectivity index (χ2n) is 9.17. The number of furan rings is 1. The molecule has 0 saturated carbocycles. The molecule has 1 aliphatic carbocycles. The Bertz CT molecular complexity index is 1340. The van der Waals surface area contributed by atoms with E-state index in [1.54, 1.807) is 0 Å². The second kappa shape index (κ2) is 7.41. The number of carbonyl (C=O) groups excluding carboxylic acids is 1. The fraction of sp³-hybridized carbons (Fsp3) is 0.292. The van der Waals surface area contributed by atoms with Crippen LogP contribution in [-0.4, -0.2) is 21.6 Å². The summed E-state index contributed by atoms with van der Waals surface area (Å²) in [5.41, 5.74) is 17.0. The number of aryl methyl sites for hydroxylation is 1. The summed E-state index contributed by atoms with van der Waals surface area (Å²) >= 11 is 1.40. The van der Waals surface area contributed by atoms with Crippen LogP contribution in [0.4, 0.5) is 0 Å². The third-order valence-corrected chi connectivity index (χ3v) is 6.73. The first kappa shape index (κ1) is 20.6. The molecule has 0 spiro atoms. The molecule has 164 valence electrons. The minimum atomic E-state index is -0.455. The summed E-state index contributed by atoms with van der Waals surface area (Å²) in [6.45, 7) is 6.19. The smallest absolute Gasteiger partial charge is 0.174 e. The maximum Gasteiger partial charge on any atom is 0.174 e. The van der Waals surface area contributed by atoms with Crippen LogP contribution >= 0.6 is 11.8 Å². The van der Waals surface area contributed by atoms with Crippen molar-refractivity contribution in [2.45, 2.75) is 49.8 Å². The highest BCUT2D eigenvalue weighted by molar-refractivity contribution is 7.99. The molecule has 5 rings (SSSR count). The number of rotatable bonds is 3. The lowest BCUT2D eigenvalue weighted by molar-refractivity contribution is -0.118. The maximum absolute atomic E-state index is 13.1. The predicted molar refractivity (Wildman–Crippen MR) is 125 cm³/mol. The standard InChI is InChI=1S/C24H25N5O2S/c1-12-4-5-14-15(8-12)29-23(28-14)32-19-7-6-18(31-19)20-13(11-25)22(26)27-16-9-24(2,3)10-17(30)21(16)20/h4-8,11,20H,9-10,25H2,1-3H3,(H2,26,27)(H,28,29)/b13-11-. The summed E-state index contributed by atoms with van der Waals surface area (Å²) in [5, 5.41) is 1.40. The molecule has 1 aliphatic heterocycles. The minimum Gasteiger partial charge on any atom is -0.453 e. The number of H-pyrrole nitrogens is 1. The van der Waals surface area contributed by atoms with Crippen LogP contribution in [-0.2, 0) is 4.79 Å². The van der Waals surface area contributed by atoms with Gasteiger partial charge in [0.15, 0.2) is 16.0 Å². The van der Waals surface area contributed by atoms with Gasteiger partial charge in [0.1, 0.15) is 11.6 Å². The van der Waals surface area contributed by atoms with E-state index in [2.05, 4.69) is 34.9 Å². The predicted octanol–water partition coefficient (Wildman–Crippen LogP) is 4.56. The molecule has 3 heterocycles. The van der Waals surface area contributed by atoms with Crippen molar-refractivity contribution in [3.63, 3.8) is 0 Å². The first-order valence-electron chi connectivity index (χ1n) is 10.5. The summed E-state index contributed by atoms with van der Waals surface area (Å²) in [5.74, 6) is 0.563. The Kier molecular flexibility index (Phi) is 4.78. The highest BCUT2D eigenvalue weighted by atomic mass is 32.2. The number of ketones is 1. The molecular weight excluding hydrogens is 422 g/mol. The van der Waals surface area contributed by atoms with E-state index < -0.39 is 5.92 Å². The Morgan fingerprint density at radius 2 is 2.06 bits per heavy atom. The van der Waals surface area contributed by atoms with Gasteiger partial charge in [-0.25, -0.2) is 9.98 Å². The third-order valence-electron chi connectivity index (χ3n) is 5.93. The number of carbonyl (C=O) groups is 1. The van der Waals surface area contributed by atoms with Crippen molar-refractivity contribution in [2.75, 3.05) is 0 Å². The summed E-state index contributed by atoms with van der Waals surface area (Å²) in [6, 6.07) is 9.84. The lowest BCUT2D eigenvalue weighted by Crippen LogP contribution is -2.35. The van der Waals surface area contributed by atoms with Crippen molar-refractivity contribution in [3.8, 4) is 0 Å². The van der Waals surface area contributed by atoms with Crippen LogP contribution in [0.2, 0.25) is 0 Å².